The lowest BCUT2D eigenvalue weighted by molar-refractivity contribution is 0.0169. The first-order chi connectivity index (χ1) is 15.6. The second-order valence-electron chi connectivity index (χ2n) is 9.03. The molecule has 2 aromatic heterocycles. The highest BCUT2D eigenvalue weighted by Crippen LogP contribution is 2.32. The highest BCUT2D eigenvalue weighted by molar-refractivity contribution is 6.31. The molecule has 0 radical (unpaired) electrons. The molecule has 11 heteroatoms. The number of benzene rings is 1. The van der Waals surface area contributed by atoms with Gasteiger partial charge >= 0.3 is 6.09 Å². The first-order valence-electron chi connectivity index (χ1n) is 10.8. The Labute approximate surface area is 196 Å². The van der Waals surface area contributed by atoms with Gasteiger partial charge in [0.2, 0.25) is 0 Å². The van der Waals surface area contributed by atoms with Gasteiger partial charge in [0.15, 0.2) is 11.5 Å². The lowest BCUT2D eigenvalue weighted by atomic mass is 10.1. The number of nitrogens with zero attached hydrogens (tertiary/aromatic N) is 5. The SMILES string of the molecule is CC(C)(C)OC(=O)N1CCCC(n2nc(NCc3c(F)cccc3Cl)c3c(N)ncnc32)C1. The minimum Gasteiger partial charge on any atom is -0.444 e. The van der Waals surface area contributed by atoms with Crippen LogP contribution >= 0.6 is 11.6 Å². The van der Waals surface area contributed by atoms with Gasteiger partial charge in [0.25, 0.3) is 0 Å². The van der Waals surface area contributed by atoms with Crippen LogP contribution in [0, 0.1) is 5.82 Å². The number of carbonyl (C=O) groups excluding carboxylic acids is 1. The van der Waals surface area contributed by atoms with E-state index in [2.05, 4.69) is 15.3 Å². The van der Waals surface area contributed by atoms with Gasteiger partial charge in [0.1, 0.15) is 28.9 Å². The molecule has 1 unspecified atom stereocenters. The van der Waals surface area contributed by atoms with Gasteiger partial charge < -0.3 is 20.7 Å². The van der Waals surface area contributed by atoms with Gasteiger partial charge in [0.05, 0.1) is 6.04 Å². The van der Waals surface area contributed by atoms with Crippen molar-refractivity contribution in [3.8, 4) is 0 Å². The van der Waals surface area contributed by atoms with Crippen molar-refractivity contribution in [3.05, 3.63) is 40.9 Å². The van der Waals surface area contributed by atoms with Crippen molar-refractivity contribution in [1.29, 1.82) is 0 Å². The van der Waals surface area contributed by atoms with Crippen molar-refractivity contribution < 1.29 is 13.9 Å². The number of hydrogen-bond acceptors (Lipinski definition) is 7. The Kier molecular flexibility index (Phi) is 6.29. The van der Waals surface area contributed by atoms with E-state index in [0.717, 1.165) is 12.8 Å². The topological polar surface area (TPSA) is 111 Å². The molecule has 0 bridgehead atoms. The average Bonchev–Trinajstić information content (AvgIpc) is 3.12. The average molecular weight is 476 g/mol. The van der Waals surface area contributed by atoms with Crippen LogP contribution in [0.5, 0.6) is 0 Å². The van der Waals surface area contributed by atoms with Gasteiger partial charge in [-0.25, -0.2) is 23.8 Å². The van der Waals surface area contributed by atoms with E-state index in [1.165, 1.54) is 12.4 Å². The smallest absolute Gasteiger partial charge is 0.410 e. The van der Waals surface area contributed by atoms with E-state index in [-0.39, 0.29) is 24.5 Å². The van der Waals surface area contributed by atoms with Gasteiger partial charge in [-0.2, -0.15) is 5.10 Å². The first kappa shape index (κ1) is 23.0. The third kappa shape index (κ3) is 4.95. The molecule has 3 N–H and O–H groups in total. The fourth-order valence-electron chi connectivity index (χ4n) is 3.89. The van der Waals surface area contributed by atoms with Crippen molar-refractivity contribution in [3.63, 3.8) is 0 Å². The minimum absolute atomic E-state index is 0.112. The molecule has 1 aliphatic heterocycles. The molecule has 1 aromatic carbocycles. The number of aromatic nitrogens is 4. The Bertz CT molecular complexity index is 1160. The summed E-state index contributed by atoms with van der Waals surface area (Å²) in [6.07, 6.45) is 2.62. The monoisotopic (exact) mass is 475 g/mol. The summed E-state index contributed by atoms with van der Waals surface area (Å²) in [4.78, 5) is 22.8. The van der Waals surface area contributed by atoms with E-state index >= 15 is 0 Å². The second-order valence-corrected chi connectivity index (χ2v) is 9.43. The molecule has 1 fully saturated rings. The molecule has 176 valence electrons. The Morgan fingerprint density at radius 3 is 2.88 bits per heavy atom. The number of piperidine rings is 1. The van der Waals surface area contributed by atoms with E-state index in [0.29, 0.717) is 40.5 Å². The summed E-state index contributed by atoms with van der Waals surface area (Å²) < 4.78 is 21.5. The van der Waals surface area contributed by atoms with Crippen LogP contribution in [-0.4, -0.2) is 49.4 Å². The molecule has 9 nitrogen and oxygen atoms in total. The maximum atomic E-state index is 14.2. The van der Waals surface area contributed by atoms with Crippen molar-refractivity contribution in [2.75, 3.05) is 24.1 Å². The first-order valence-corrected chi connectivity index (χ1v) is 11.1. The second kappa shape index (κ2) is 9.01. The molecule has 1 amide bonds. The normalized spacial score (nSPS) is 16.8. The number of hydrogen-bond donors (Lipinski definition) is 2. The number of carbonyl (C=O) groups is 1. The van der Waals surface area contributed by atoms with E-state index in [1.54, 1.807) is 21.7 Å². The van der Waals surface area contributed by atoms with Crippen molar-refractivity contribution in [1.82, 2.24) is 24.6 Å². The number of nitrogens with two attached hydrogens (primary N) is 1. The van der Waals surface area contributed by atoms with Crippen LogP contribution < -0.4 is 11.1 Å². The summed E-state index contributed by atoms with van der Waals surface area (Å²) in [5.74, 6) is 0.272. The number of nitrogens with one attached hydrogen (secondary N) is 1. The molecular weight excluding hydrogens is 449 g/mol. The van der Waals surface area contributed by atoms with Crippen LogP contribution in [0.4, 0.5) is 20.8 Å². The standard InChI is InChI=1S/C22H27ClFN7O2/c1-22(2,3)33-21(32)30-9-5-6-13(11-30)31-20-17(18(25)27-12-28-20)19(29-31)26-10-14-15(23)7-4-8-16(14)24/h4,7-8,12-13H,5-6,9-11H2,1-3H3,(H,26,29)(H2,25,27,28). The maximum absolute atomic E-state index is 14.2. The highest BCUT2D eigenvalue weighted by atomic mass is 35.5. The molecule has 33 heavy (non-hydrogen) atoms. The molecule has 0 saturated carbocycles. The van der Waals surface area contributed by atoms with E-state index in [4.69, 9.17) is 27.2 Å². The van der Waals surface area contributed by atoms with Crippen LogP contribution in [0.25, 0.3) is 11.0 Å². The predicted octanol–water partition coefficient (Wildman–Crippen LogP) is 4.39. The van der Waals surface area contributed by atoms with Gasteiger partial charge in [-0.15, -0.1) is 0 Å². The number of rotatable bonds is 4. The van der Waals surface area contributed by atoms with Crippen LogP contribution in [-0.2, 0) is 11.3 Å². The maximum Gasteiger partial charge on any atom is 0.410 e. The largest absolute Gasteiger partial charge is 0.444 e. The number of ether oxygens (including phenoxy) is 1. The van der Waals surface area contributed by atoms with Crippen LogP contribution in [0.2, 0.25) is 5.02 Å². The van der Waals surface area contributed by atoms with E-state index < -0.39 is 11.4 Å². The molecule has 1 aliphatic rings. The van der Waals surface area contributed by atoms with Crippen LogP contribution in [0.15, 0.2) is 24.5 Å². The summed E-state index contributed by atoms with van der Waals surface area (Å²) in [5, 5.41) is 8.68. The quantitative estimate of drug-likeness (QED) is 0.575. The molecule has 3 heterocycles. The number of nitrogen functional groups attached to an aromatic ring is 1. The molecule has 1 atom stereocenters. The summed E-state index contributed by atoms with van der Waals surface area (Å²) in [6, 6.07) is 4.40. The number of fused-ring (bicyclic) bond motifs is 1. The summed E-state index contributed by atoms with van der Waals surface area (Å²) >= 11 is 6.16. The molecular formula is C22H27ClFN7O2. The molecule has 4 rings (SSSR count). The fraction of sp³-hybridized carbons (Fsp3) is 0.455. The van der Waals surface area contributed by atoms with Gasteiger partial charge in [0, 0.05) is 30.2 Å². The zero-order valence-corrected chi connectivity index (χ0v) is 19.6. The predicted molar refractivity (Wildman–Crippen MR) is 125 cm³/mol. The lowest BCUT2D eigenvalue weighted by Gasteiger charge is -2.34. The number of likely N-dealkylation sites (tertiary alicyclic amines) is 1. The fourth-order valence-corrected chi connectivity index (χ4v) is 4.12. The third-order valence-corrected chi connectivity index (χ3v) is 5.76. The Morgan fingerprint density at radius 2 is 2.15 bits per heavy atom. The molecule has 0 aliphatic carbocycles. The Morgan fingerprint density at radius 1 is 1.36 bits per heavy atom. The zero-order chi connectivity index (χ0) is 23.8. The van der Waals surface area contributed by atoms with Crippen molar-refractivity contribution >= 4 is 40.4 Å². The van der Waals surface area contributed by atoms with Gasteiger partial charge in [-0.3, -0.25) is 0 Å². The van der Waals surface area contributed by atoms with Crippen molar-refractivity contribution in [2.45, 2.75) is 51.8 Å². The number of anilines is 2. The third-order valence-electron chi connectivity index (χ3n) is 5.41. The Balaban J connectivity index is 1.62. The van der Waals surface area contributed by atoms with Gasteiger partial charge in [-0.05, 0) is 45.7 Å². The highest BCUT2D eigenvalue weighted by Gasteiger charge is 2.31. The molecule has 0 spiro atoms. The summed E-state index contributed by atoms with van der Waals surface area (Å²) in [7, 11) is 0. The van der Waals surface area contributed by atoms with Crippen molar-refractivity contribution in [2.24, 2.45) is 0 Å². The molecule has 1 saturated heterocycles. The van der Waals surface area contributed by atoms with Crippen LogP contribution in [0.3, 0.4) is 0 Å². The number of halogens is 2. The van der Waals surface area contributed by atoms with E-state index in [1.807, 2.05) is 20.8 Å². The lowest BCUT2D eigenvalue weighted by Crippen LogP contribution is -2.43. The summed E-state index contributed by atoms with van der Waals surface area (Å²) in [5.41, 5.74) is 6.44. The zero-order valence-electron chi connectivity index (χ0n) is 18.8. The van der Waals surface area contributed by atoms with Gasteiger partial charge in [-0.1, -0.05) is 17.7 Å². The Hall–Kier alpha value is -3.14. The molecule has 3 aromatic rings. The van der Waals surface area contributed by atoms with Crippen LogP contribution in [0.1, 0.15) is 45.2 Å². The minimum atomic E-state index is -0.574. The van der Waals surface area contributed by atoms with E-state index in [9.17, 15) is 9.18 Å². The summed E-state index contributed by atoms with van der Waals surface area (Å²) in [6.45, 7) is 6.67. The number of amides is 1.